The topological polar surface area (TPSA) is 116 Å². The molecule has 1 amide bonds. The number of nitro groups is 1. The molecule has 0 spiro atoms. The molecule has 0 radical (unpaired) electrons. The summed E-state index contributed by atoms with van der Waals surface area (Å²) in [6, 6.07) is 15.5. The molecule has 0 saturated heterocycles. The number of carbonyl (C=O) groups is 1. The van der Waals surface area contributed by atoms with Crippen LogP contribution in [-0.4, -0.2) is 27.7 Å². The van der Waals surface area contributed by atoms with Crippen molar-refractivity contribution >= 4 is 17.3 Å². The van der Waals surface area contributed by atoms with Gasteiger partial charge in [0.1, 0.15) is 12.3 Å². The smallest absolute Gasteiger partial charge is 0.269 e. The standard InChI is InChI=1S/C19H16N4O5/c1-28-17-5-3-2-4-15(17)16-10-11-19(25)22(21-16)12-18(24)20-13-6-8-14(9-7-13)23(26)27/h2-11H,12H2,1H3,(H,20,24). The molecule has 3 aromatic rings. The van der Waals surface area contributed by atoms with Gasteiger partial charge in [-0.1, -0.05) is 12.1 Å². The van der Waals surface area contributed by atoms with E-state index in [4.69, 9.17) is 4.74 Å². The number of ether oxygens (including phenoxy) is 1. The van der Waals surface area contributed by atoms with Crippen molar-refractivity contribution in [3.63, 3.8) is 0 Å². The molecule has 1 N–H and O–H groups in total. The van der Waals surface area contributed by atoms with E-state index in [0.717, 1.165) is 4.68 Å². The lowest BCUT2D eigenvalue weighted by atomic mass is 10.1. The summed E-state index contributed by atoms with van der Waals surface area (Å²) in [5, 5.41) is 17.5. The van der Waals surface area contributed by atoms with E-state index in [2.05, 4.69) is 10.4 Å². The van der Waals surface area contributed by atoms with Gasteiger partial charge in [0.2, 0.25) is 5.91 Å². The van der Waals surface area contributed by atoms with Gasteiger partial charge in [-0.3, -0.25) is 19.7 Å². The third-order valence-electron chi connectivity index (χ3n) is 3.90. The molecule has 2 aromatic carbocycles. The number of methoxy groups -OCH3 is 1. The number of amides is 1. The molecule has 0 aliphatic carbocycles. The summed E-state index contributed by atoms with van der Waals surface area (Å²) in [6.07, 6.45) is 0. The maximum atomic E-state index is 12.3. The number of hydrogen-bond acceptors (Lipinski definition) is 6. The van der Waals surface area contributed by atoms with E-state index in [1.54, 1.807) is 18.2 Å². The Hall–Kier alpha value is -4.01. The number of aromatic nitrogens is 2. The molecule has 9 heteroatoms. The summed E-state index contributed by atoms with van der Waals surface area (Å²) in [7, 11) is 1.53. The SMILES string of the molecule is COc1ccccc1-c1ccc(=O)n(CC(=O)Nc2ccc([N+](=O)[O-])cc2)n1. The van der Waals surface area contributed by atoms with Gasteiger partial charge in [-0.05, 0) is 30.3 Å². The summed E-state index contributed by atoms with van der Waals surface area (Å²) in [6.45, 7) is -0.307. The molecule has 0 unspecified atom stereocenters. The van der Waals surface area contributed by atoms with Crippen LogP contribution >= 0.6 is 0 Å². The number of nitrogens with zero attached hydrogens (tertiary/aromatic N) is 3. The minimum atomic E-state index is -0.529. The molecule has 1 heterocycles. The Morgan fingerprint density at radius 3 is 2.54 bits per heavy atom. The third kappa shape index (κ3) is 4.21. The Bertz CT molecular complexity index is 1080. The number of para-hydroxylation sites is 1. The van der Waals surface area contributed by atoms with Crippen LogP contribution in [0.25, 0.3) is 11.3 Å². The molecular weight excluding hydrogens is 364 g/mol. The average Bonchev–Trinajstić information content (AvgIpc) is 2.70. The zero-order chi connectivity index (χ0) is 20.1. The lowest BCUT2D eigenvalue weighted by Crippen LogP contribution is -2.29. The molecule has 0 fully saturated rings. The molecule has 0 saturated carbocycles. The van der Waals surface area contributed by atoms with Crippen LogP contribution in [0, 0.1) is 10.1 Å². The number of nitro benzene ring substituents is 1. The van der Waals surface area contributed by atoms with Crippen LogP contribution in [0.4, 0.5) is 11.4 Å². The normalized spacial score (nSPS) is 10.3. The predicted octanol–water partition coefficient (Wildman–Crippen LogP) is 2.47. The van der Waals surface area contributed by atoms with Crippen LogP contribution in [0.1, 0.15) is 0 Å². The molecule has 9 nitrogen and oxygen atoms in total. The van der Waals surface area contributed by atoms with Gasteiger partial charge in [0.05, 0.1) is 17.7 Å². The molecular formula is C19H16N4O5. The van der Waals surface area contributed by atoms with Crippen LogP contribution in [0.5, 0.6) is 5.75 Å². The van der Waals surface area contributed by atoms with Gasteiger partial charge in [0.15, 0.2) is 0 Å². The number of rotatable bonds is 6. The van der Waals surface area contributed by atoms with Gasteiger partial charge in [0, 0.05) is 29.4 Å². The van der Waals surface area contributed by atoms with Crippen molar-refractivity contribution in [3.05, 3.63) is 81.1 Å². The molecule has 3 rings (SSSR count). The quantitative estimate of drug-likeness (QED) is 0.519. The summed E-state index contributed by atoms with van der Waals surface area (Å²) in [4.78, 5) is 34.5. The molecule has 0 bridgehead atoms. The first kappa shape index (κ1) is 18.8. The third-order valence-corrected chi connectivity index (χ3v) is 3.90. The average molecular weight is 380 g/mol. The van der Waals surface area contributed by atoms with Crippen molar-refractivity contribution in [2.75, 3.05) is 12.4 Å². The molecule has 0 atom stereocenters. The highest BCUT2D eigenvalue weighted by Crippen LogP contribution is 2.27. The number of hydrogen-bond donors (Lipinski definition) is 1. The van der Waals surface area contributed by atoms with Gasteiger partial charge in [-0.25, -0.2) is 4.68 Å². The van der Waals surface area contributed by atoms with Crippen LogP contribution in [0.3, 0.4) is 0 Å². The first-order valence-electron chi connectivity index (χ1n) is 8.24. The molecule has 1 aromatic heterocycles. The first-order chi connectivity index (χ1) is 13.5. The Morgan fingerprint density at radius 2 is 1.86 bits per heavy atom. The van der Waals surface area contributed by atoms with Gasteiger partial charge in [-0.2, -0.15) is 5.10 Å². The minimum Gasteiger partial charge on any atom is -0.496 e. The maximum absolute atomic E-state index is 12.3. The molecule has 0 aliphatic heterocycles. The Labute approximate surface area is 159 Å². The number of benzene rings is 2. The van der Waals surface area contributed by atoms with E-state index < -0.39 is 16.4 Å². The number of anilines is 1. The van der Waals surface area contributed by atoms with Crippen LogP contribution < -0.4 is 15.6 Å². The summed E-state index contributed by atoms with van der Waals surface area (Å²) in [5.74, 6) is 0.108. The highest BCUT2D eigenvalue weighted by Gasteiger charge is 2.12. The fourth-order valence-corrected chi connectivity index (χ4v) is 2.57. The predicted molar refractivity (Wildman–Crippen MR) is 102 cm³/mol. The molecule has 0 aliphatic rings. The lowest BCUT2D eigenvalue weighted by molar-refractivity contribution is -0.384. The Balaban J connectivity index is 1.79. The summed E-state index contributed by atoms with van der Waals surface area (Å²) in [5.41, 5.74) is 1.04. The van der Waals surface area contributed by atoms with E-state index in [-0.39, 0.29) is 12.2 Å². The Morgan fingerprint density at radius 1 is 1.14 bits per heavy atom. The zero-order valence-electron chi connectivity index (χ0n) is 14.9. The summed E-state index contributed by atoms with van der Waals surface area (Å²) < 4.78 is 6.35. The fraction of sp³-hybridized carbons (Fsp3) is 0.105. The van der Waals surface area contributed by atoms with Crippen LogP contribution in [0.15, 0.2) is 65.5 Å². The van der Waals surface area contributed by atoms with Crippen LogP contribution in [0.2, 0.25) is 0 Å². The second-order valence-electron chi connectivity index (χ2n) is 5.77. The van der Waals surface area contributed by atoms with Crippen molar-refractivity contribution in [1.82, 2.24) is 9.78 Å². The first-order valence-corrected chi connectivity index (χ1v) is 8.24. The largest absolute Gasteiger partial charge is 0.496 e. The monoisotopic (exact) mass is 380 g/mol. The minimum absolute atomic E-state index is 0.0830. The molecule has 28 heavy (non-hydrogen) atoms. The van der Waals surface area contributed by atoms with Crippen molar-refractivity contribution in [2.24, 2.45) is 0 Å². The van der Waals surface area contributed by atoms with E-state index in [0.29, 0.717) is 22.7 Å². The lowest BCUT2D eigenvalue weighted by Gasteiger charge is -2.10. The van der Waals surface area contributed by atoms with Crippen LogP contribution in [-0.2, 0) is 11.3 Å². The fourth-order valence-electron chi connectivity index (χ4n) is 2.57. The van der Waals surface area contributed by atoms with E-state index >= 15 is 0 Å². The highest BCUT2D eigenvalue weighted by atomic mass is 16.6. The van der Waals surface area contributed by atoms with Gasteiger partial charge in [0.25, 0.3) is 11.2 Å². The second kappa shape index (κ2) is 8.12. The highest BCUT2D eigenvalue weighted by molar-refractivity contribution is 5.90. The van der Waals surface area contributed by atoms with E-state index in [1.807, 2.05) is 12.1 Å². The zero-order valence-corrected chi connectivity index (χ0v) is 14.9. The van der Waals surface area contributed by atoms with Crippen molar-refractivity contribution in [1.29, 1.82) is 0 Å². The van der Waals surface area contributed by atoms with E-state index in [9.17, 15) is 19.7 Å². The number of carbonyl (C=O) groups excluding carboxylic acids is 1. The van der Waals surface area contributed by atoms with Crippen molar-refractivity contribution in [3.8, 4) is 17.0 Å². The van der Waals surface area contributed by atoms with Gasteiger partial charge in [-0.15, -0.1) is 0 Å². The summed E-state index contributed by atoms with van der Waals surface area (Å²) >= 11 is 0. The van der Waals surface area contributed by atoms with E-state index in [1.165, 1.54) is 37.4 Å². The maximum Gasteiger partial charge on any atom is 0.269 e. The molecule has 142 valence electrons. The Kier molecular flexibility index (Phi) is 5.45. The van der Waals surface area contributed by atoms with Gasteiger partial charge < -0.3 is 10.1 Å². The number of non-ortho nitro benzene ring substituents is 1. The second-order valence-corrected chi connectivity index (χ2v) is 5.77. The van der Waals surface area contributed by atoms with Crippen molar-refractivity contribution in [2.45, 2.75) is 6.54 Å². The van der Waals surface area contributed by atoms with Gasteiger partial charge >= 0.3 is 0 Å². The van der Waals surface area contributed by atoms with Crippen molar-refractivity contribution < 1.29 is 14.5 Å². The number of nitrogens with one attached hydrogen (secondary N) is 1.